The number of halogens is 1. The van der Waals surface area contributed by atoms with E-state index in [9.17, 15) is 5.11 Å². The van der Waals surface area contributed by atoms with Crippen LogP contribution in [0.5, 0.6) is 0 Å². The molecule has 0 saturated carbocycles. The zero-order valence-corrected chi connectivity index (χ0v) is 16.0. The van der Waals surface area contributed by atoms with Gasteiger partial charge in [0.1, 0.15) is 0 Å². The molecule has 0 unspecified atom stereocenters. The lowest BCUT2D eigenvalue weighted by molar-refractivity contribution is -0.00604. The number of aliphatic hydroxyl groups is 1. The summed E-state index contributed by atoms with van der Waals surface area (Å²) in [6.45, 7) is 0.979. The second-order valence-corrected chi connectivity index (χ2v) is 7.92. The zero-order chi connectivity index (χ0) is 17.9. The molecule has 1 aliphatic rings. The van der Waals surface area contributed by atoms with E-state index in [4.69, 9.17) is 11.6 Å². The van der Waals surface area contributed by atoms with Crippen LogP contribution in [0.1, 0.15) is 48.3 Å². The van der Waals surface area contributed by atoms with Crippen LogP contribution in [-0.4, -0.2) is 30.6 Å². The van der Waals surface area contributed by atoms with Crippen LogP contribution in [0.3, 0.4) is 0 Å². The van der Waals surface area contributed by atoms with E-state index in [1.54, 1.807) is 0 Å². The van der Waals surface area contributed by atoms with E-state index in [0.717, 1.165) is 54.8 Å². The highest BCUT2D eigenvalue weighted by molar-refractivity contribution is 6.30. The lowest BCUT2D eigenvalue weighted by Gasteiger charge is -2.37. The van der Waals surface area contributed by atoms with Gasteiger partial charge in [-0.3, -0.25) is 0 Å². The predicted molar refractivity (Wildman–Crippen MR) is 105 cm³/mol. The molecular formula is C22H28ClNO. The van der Waals surface area contributed by atoms with Gasteiger partial charge in [-0.2, -0.15) is 0 Å². The van der Waals surface area contributed by atoms with Gasteiger partial charge in [0.25, 0.3) is 0 Å². The first-order valence-corrected chi connectivity index (χ1v) is 9.59. The number of hydrogen-bond donors (Lipinski definition) is 1. The molecule has 0 aliphatic heterocycles. The van der Waals surface area contributed by atoms with E-state index in [0.29, 0.717) is 0 Å². The summed E-state index contributed by atoms with van der Waals surface area (Å²) in [6.07, 6.45) is 4.83. The Morgan fingerprint density at radius 1 is 1.16 bits per heavy atom. The SMILES string of the molecule is CN(C)CCC[C@]1(O)c2ccccc2CCC[C@@H]1c1cccc(Cl)c1. The third-order valence-corrected chi connectivity index (χ3v) is 5.65. The lowest BCUT2D eigenvalue weighted by atomic mass is 9.73. The molecule has 1 aliphatic carbocycles. The molecule has 1 N–H and O–H groups in total. The highest BCUT2D eigenvalue weighted by atomic mass is 35.5. The normalized spacial score (nSPS) is 23.3. The molecule has 0 spiro atoms. The molecule has 2 nitrogen and oxygen atoms in total. The number of hydrogen-bond acceptors (Lipinski definition) is 2. The van der Waals surface area contributed by atoms with Crippen LogP contribution in [0.15, 0.2) is 48.5 Å². The zero-order valence-electron chi connectivity index (χ0n) is 15.2. The van der Waals surface area contributed by atoms with Crippen molar-refractivity contribution in [3.8, 4) is 0 Å². The van der Waals surface area contributed by atoms with Gasteiger partial charge in [-0.15, -0.1) is 0 Å². The minimum absolute atomic E-state index is 0.0806. The first-order chi connectivity index (χ1) is 12.0. The van der Waals surface area contributed by atoms with Gasteiger partial charge in [0.2, 0.25) is 0 Å². The lowest BCUT2D eigenvalue weighted by Crippen LogP contribution is -2.34. The van der Waals surface area contributed by atoms with Gasteiger partial charge in [-0.1, -0.05) is 48.0 Å². The van der Waals surface area contributed by atoms with Gasteiger partial charge in [0.15, 0.2) is 0 Å². The molecule has 0 bridgehead atoms. The molecule has 2 aromatic rings. The van der Waals surface area contributed by atoms with Crippen LogP contribution in [0.4, 0.5) is 0 Å². The van der Waals surface area contributed by atoms with Crippen molar-refractivity contribution in [3.63, 3.8) is 0 Å². The Morgan fingerprint density at radius 2 is 1.96 bits per heavy atom. The molecule has 0 saturated heterocycles. The molecule has 0 amide bonds. The molecule has 25 heavy (non-hydrogen) atoms. The van der Waals surface area contributed by atoms with Crippen LogP contribution in [-0.2, 0) is 12.0 Å². The average Bonchev–Trinajstić information content (AvgIpc) is 2.72. The van der Waals surface area contributed by atoms with E-state index >= 15 is 0 Å². The second-order valence-electron chi connectivity index (χ2n) is 7.49. The summed E-state index contributed by atoms with van der Waals surface area (Å²) in [5.41, 5.74) is 2.71. The van der Waals surface area contributed by atoms with Crippen molar-refractivity contribution in [2.75, 3.05) is 20.6 Å². The van der Waals surface area contributed by atoms with Crippen molar-refractivity contribution in [3.05, 3.63) is 70.2 Å². The Labute approximate surface area is 156 Å². The number of nitrogens with zero attached hydrogens (tertiary/aromatic N) is 1. The molecule has 0 heterocycles. The summed E-state index contributed by atoms with van der Waals surface area (Å²) >= 11 is 6.26. The standard InChI is InChI=1S/C22H28ClNO/c1-24(2)15-7-14-22(25)20-12-4-3-8-17(20)9-6-13-21(22)18-10-5-11-19(23)16-18/h3-5,8,10-12,16,21,25H,6-7,9,13-15H2,1-2H3/t21-,22+/m1/s1. The summed E-state index contributed by atoms with van der Waals surface area (Å²) in [7, 11) is 4.17. The van der Waals surface area contributed by atoms with Crippen LogP contribution < -0.4 is 0 Å². The maximum Gasteiger partial charge on any atom is 0.0967 e. The minimum atomic E-state index is -0.839. The van der Waals surface area contributed by atoms with E-state index < -0.39 is 5.60 Å². The molecule has 0 radical (unpaired) electrons. The van der Waals surface area contributed by atoms with Crippen LogP contribution in [0.2, 0.25) is 5.02 Å². The van der Waals surface area contributed by atoms with Crippen molar-refractivity contribution < 1.29 is 5.11 Å². The number of fused-ring (bicyclic) bond motifs is 1. The van der Waals surface area contributed by atoms with Gasteiger partial charge < -0.3 is 10.0 Å². The third kappa shape index (κ3) is 4.08. The number of rotatable bonds is 5. The molecule has 0 aromatic heterocycles. The van der Waals surface area contributed by atoms with Gasteiger partial charge >= 0.3 is 0 Å². The monoisotopic (exact) mass is 357 g/mol. The second kappa shape index (κ2) is 7.90. The fourth-order valence-corrected chi connectivity index (χ4v) is 4.42. The van der Waals surface area contributed by atoms with E-state index in [-0.39, 0.29) is 5.92 Å². The highest BCUT2D eigenvalue weighted by Crippen LogP contribution is 2.47. The van der Waals surface area contributed by atoms with Gasteiger partial charge in [0.05, 0.1) is 5.60 Å². The van der Waals surface area contributed by atoms with Gasteiger partial charge in [-0.05, 0) is 81.6 Å². The number of aryl methyl sites for hydroxylation is 1. The summed E-state index contributed by atoms with van der Waals surface area (Å²) in [5.74, 6) is 0.0806. The van der Waals surface area contributed by atoms with E-state index in [2.05, 4.69) is 49.3 Å². The molecule has 2 aromatic carbocycles. The molecule has 3 rings (SSSR count). The van der Waals surface area contributed by atoms with Crippen LogP contribution in [0.25, 0.3) is 0 Å². The maximum atomic E-state index is 12.0. The van der Waals surface area contributed by atoms with Crippen LogP contribution in [0, 0.1) is 0 Å². The molecule has 134 valence electrons. The van der Waals surface area contributed by atoms with Crippen molar-refractivity contribution in [1.29, 1.82) is 0 Å². The molecule has 3 heteroatoms. The summed E-state index contributed by atoms with van der Waals surface area (Å²) in [4.78, 5) is 2.18. The summed E-state index contributed by atoms with van der Waals surface area (Å²) < 4.78 is 0. The highest BCUT2D eigenvalue weighted by Gasteiger charge is 2.41. The predicted octanol–water partition coefficient (Wildman–Crippen LogP) is 4.99. The number of benzene rings is 2. The molecule has 0 fully saturated rings. The Morgan fingerprint density at radius 3 is 2.72 bits per heavy atom. The summed E-state index contributed by atoms with van der Waals surface area (Å²) in [5, 5.41) is 12.7. The smallest absolute Gasteiger partial charge is 0.0967 e. The third-order valence-electron chi connectivity index (χ3n) is 5.41. The quantitative estimate of drug-likeness (QED) is 0.762. The van der Waals surface area contributed by atoms with Crippen molar-refractivity contribution in [2.24, 2.45) is 0 Å². The average molecular weight is 358 g/mol. The minimum Gasteiger partial charge on any atom is -0.385 e. The van der Waals surface area contributed by atoms with Crippen LogP contribution >= 0.6 is 11.6 Å². The van der Waals surface area contributed by atoms with E-state index in [1.807, 2.05) is 18.2 Å². The Hall–Kier alpha value is -1.35. The fourth-order valence-electron chi connectivity index (χ4n) is 4.22. The van der Waals surface area contributed by atoms with Gasteiger partial charge in [-0.25, -0.2) is 0 Å². The van der Waals surface area contributed by atoms with Crippen molar-refractivity contribution in [1.82, 2.24) is 4.90 Å². The largest absolute Gasteiger partial charge is 0.385 e. The Bertz CT molecular complexity index is 715. The molecular weight excluding hydrogens is 330 g/mol. The Balaban J connectivity index is 2.02. The van der Waals surface area contributed by atoms with Gasteiger partial charge in [0, 0.05) is 10.9 Å². The van der Waals surface area contributed by atoms with Crippen molar-refractivity contribution >= 4 is 11.6 Å². The Kier molecular flexibility index (Phi) is 5.83. The first kappa shape index (κ1) is 18.4. The maximum absolute atomic E-state index is 12.0. The fraction of sp³-hybridized carbons (Fsp3) is 0.455. The van der Waals surface area contributed by atoms with Crippen molar-refractivity contribution in [2.45, 2.75) is 43.6 Å². The first-order valence-electron chi connectivity index (χ1n) is 9.21. The topological polar surface area (TPSA) is 23.5 Å². The molecule has 2 atom stereocenters. The van der Waals surface area contributed by atoms with E-state index in [1.165, 1.54) is 5.56 Å². The summed E-state index contributed by atoms with van der Waals surface area (Å²) in [6, 6.07) is 16.5.